The van der Waals surface area contributed by atoms with Crippen LogP contribution in [-0.4, -0.2) is 68.8 Å². The van der Waals surface area contributed by atoms with Crippen molar-refractivity contribution in [1.29, 1.82) is 0 Å². The van der Waals surface area contributed by atoms with E-state index in [-0.39, 0.29) is 67.5 Å². The van der Waals surface area contributed by atoms with Crippen LogP contribution in [0.1, 0.15) is 13.8 Å². The summed E-state index contributed by atoms with van der Waals surface area (Å²) < 4.78 is 1.67. The number of phenolic OH excluding ortho intramolecular Hbond substituents is 2. The van der Waals surface area contributed by atoms with Crippen molar-refractivity contribution >= 4 is 58.1 Å². The number of nitro benzene ring substituents is 2. The number of aromatic hydroxyl groups is 3. The van der Waals surface area contributed by atoms with Crippen molar-refractivity contribution in [2.75, 3.05) is 6.54 Å². The molecule has 6 N–H and O–H groups in total. The molecule has 0 bridgehead atoms. The van der Waals surface area contributed by atoms with Gasteiger partial charge in [0.25, 0.3) is 11.4 Å². The van der Waals surface area contributed by atoms with Gasteiger partial charge in [-0.3, -0.25) is 24.8 Å². The van der Waals surface area contributed by atoms with E-state index in [1.807, 2.05) is 6.92 Å². The SMILES string of the molecule is CCN1C(=S)NC(N=Nc2cc([N+](=O)[O-])ccc2O)C1O.CCn1c(O)c(N=Nc2cc([N+](=O)[O-])ccc2O)[nH]c1=S.[Co]. The summed E-state index contributed by atoms with van der Waals surface area (Å²) in [6.07, 6.45) is -1.77. The number of hydrogen-bond donors (Lipinski definition) is 6. The molecule has 43 heavy (non-hydrogen) atoms. The molecule has 1 fully saturated rings. The van der Waals surface area contributed by atoms with Gasteiger partial charge in [0.1, 0.15) is 22.9 Å². The number of nitrogens with zero attached hydrogens (tertiary/aromatic N) is 8. The van der Waals surface area contributed by atoms with Crippen LogP contribution < -0.4 is 5.32 Å². The number of H-pyrrole nitrogens is 1. The number of benzene rings is 2. The molecule has 1 aliphatic heterocycles. The van der Waals surface area contributed by atoms with E-state index in [1.165, 1.54) is 9.47 Å². The van der Waals surface area contributed by atoms with Gasteiger partial charge in [0.2, 0.25) is 11.7 Å². The van der Waals surface area contributed by atoms with Gasteiger partial charge in [-0.1, -0.05) is 0 Å². The minimum Gasteiger partial charge on any atom is -0.506 e. The van der Waals surface area contributed by atoms with E-state index in [2.05, 4.69) is 30.8 Å². The van der Waals surface area contributed by atoms with Crippen LogP contribution in [0, 0.1) is 25.0 Å². The Labute approximate surface area is 262 Å². The molecule has 1 saturated heterocycles. The third-order valence-corrected chi connectivity index (χ3v) is 6.29. The molecule has 3 aromatic rings. The number of phenols is 2. The van der Waals surface area contributed by atoms with Gasteiger partial charge < -0.3 is 35.6 Å². The molecule has 0 saturated carbocycles. The van der Waals surface area contributed by atoms with Crippen LogP contribution >= 0.6 is 24.4 Å². The fraction of sp³-hybridized carbons (Fsp3) is 0.273. The number of imidazole rings is 1. The first-order chi connectivity index (χ1) is 19.9. The molecule has 1 radical (unpaired) electrons. The van der Waals surface area contributed by atoms with E-state index in [9.17, 15) is 40.7 Å². The third kappa shape index (κ3) is 8.26. The van der Waals surface area contributed by atoms with Crippen LogP contribution in [0.5, 0.6) is 17.4 Å². The predicted molar refractivity (Wildman–Crippen MR) is 153 cm³/mol. The number of azo groups is 2. The molecule has 4 rings (SSSR count). The van der Waals surface area contributed by atoms with Gasteiger partial charge in [-0.05, 0) is 50.4 Å². The fourth-order valence-electron chi connectivity index (χ4n) is 3.44. The molecule has 1 aliphatic rings. The summed E-state index contributed by atoms with van der Waals surface area (Å²) in [5.41, 5.74) is -0.594. The number of nitro groups is 2. The molecule has 2 aromatic carbocycles. The van der Waals surface area contributed by atoms with Crippen molar-refractivity contribution in [2.24, 2.45) is 20.5 Å². The summed E-state index contributed by atoms with van der Waals surface area (Å²) in [6.45, 7) is 4.56. The van der Waals surface area contributed by atoms with Gasteiger partial charge in [-0.25, -0.2) is 0 Å². The molecule has 2 heterocycles. The number of thiocarbonyl (C=S) groups is 1. The third-order valence-electron chi connectivity index (χ3n) is 5.62. The van der Waals surface area contributed by atoms with Crippen molar-refractivity contribution in [3.8, 4) is 17.4 Å². The van der Waals surface area contributed by atoms with E-state index in [4.69, 9.17) is 24.4 Å². The first-order valence-corrected chi connectivity index (χ1v) is 12.7. The van der Waals surface area contributed by atoms with Crippen molar-refractivity contribution in [2.45, 2.75) is 32.8 Å². The van der Waals surface area contributed by atoms with Gasteiger partial charge in [0, 0.05) is 54.1 Å². The number of non-ortho nitro benzene ring substituents is 2. The fourth-order valence-corrected chi connectivity index (χ4v) is 4.11. The number of nitrogens with one attached hydrogen (secondary N) is 2. The first kappa shape index (κ1) is 34.6. The van der Waals surface area contributed by atoms with Crippen LogP contribution in [0.4, 0.5) is 28.6 Å². The maximum absolute atomic E-state index is 10.7. The molecule has 2 unspecified atom stereocenters. The monoisotopic (exact) mass is 679 g/mol. The quantitative estimate of drug-likeness (QED) is 0.0831. The Morgan fingerprint density at radius 3 is 1.88 bits per heavy atom. The Morgan fingerprint density at radius 1 is 0.907 bits per heavy atom. The summed E-state index contributed by atoms with van der Waals surface area (Å²) in [5.74, 6) is -0.701. The molecule has 21 heteroatoms. The number of aromatic amines is 1. The van der Waals surface area contributed by atoms with Crippen LogP contribution in [0.3, 0.4) is 0 Å². The minimum atomic E-state index is -0.980. The summed E-state index contributed by atoms with van der Waals surface area (Å²) in [6, 6.07) is 6.77. The minimum absolute atomic E-state index is 0. The van der Waals surface area contributed by atoms with Crippen molar-refractivity contribution in [1.82, 2.24) is 19.8 Å². The van der Waals surface area contributed by atoms with E-state index >= 15 is 0 Å². The summed E-state index contributed by atoms with van der Waals surface area (Å²) in [4.78, 5) is 24.3. The molecule has 231 valence electrons. The Balaban J connectivity index is 0.000000293. The molecule has 0 aliphatic carbocycles. The molecule has 1 aromatic heterocycles. The Kier molecular flexibility index (Phi) is 12.1. The number of aromatic nitrogens is 2. The van der Waals surface area contributed by atoms with Crippen LogP contribution in [-0.2, 0) is 23.3 Å². The number of aliphatic hydroxyl groups is 1. The van der Waals surface area contributed by atoms with Gasteiger partial charge in [0.15, 0.2) is 22.3 Å². The zero-order valence-corrected chi connectivity index (χ0v) is 24.9. The number of aliphatic hydroxyl groups excluding tert-OH is 1. The summed E-state index contributed by atoms with van der Waals surface area (Å²) in [5, 5.41) is 78.4. The average molecular weight is 680 g/mol. The largest absolute Gasteiger partial charge is 0.506 e. The standard InChI is InChI=1S/C11H13N5O4S.C11H11N5O4S.Co/c2*1-2-15-10(18)9(12-11(15)21)14-13-7-5-6(16(19)20)3-4-8(7)17;/h3-5,9-10,17-18H,2H2,1H3,(H,12,21);3-5,17-18H,2H2,1H3,(H,12,21);. The second-order valence-electron chi connectivity index (χ2n) is 8.22. The van der Waals surface area contributed by atoms with Crippen LogP contribution in [0.25, 0.3) is 0 Å². The number of hydrogen-bond acceptors (Lipinski definition) is 14. The van der Waals surface area contributed by atoms with E-state index in [1.54, 1.807) is 6.92 Å². The van der Waals surface area contributed by atoms with Gasteiger partial charge in [0.05, 0.1) is 9.85 Å². The van der Waals surface area contributed by atoms with Crippen LogP contribution in [0.2, 0.25) is 0 Å². The van der Waals surface area contributed by atoms with Crippen molar-refractivity contribution in [3.63, 3.8) is 0 Å². The van der Waals surface area contributed by atoms with Gasteiger partial charge in [-0.2, -0.15) is 5.11 Å². The van der Waals surface area contributed by atoms with E-state index in [0.29, 0.717) is 18.2 Å². The maximum atomic E-state index is 10.7. The normalized spacial score (nSPS) is 16.1. The van der Waals surface area contributed by atoms with E-state index in [0.717, 1.165) is 36.4 Å². The molecule has 0 amide bonds. The van der Waals surface area contributed by atoms with Crippen molar-refractivity contribution < 1.29 is 47.1 Å². The van der Waals surface area contributed by atoms with Gasteiger partial charge in [-0.15, -0.1) is 15.3 Å². The van der Waals surface area contributed by atoms with Gasteiger partial charge >= 0.3 is 0 Å². The maximum Gasteiger partial charge on any atom is 0.271 e. The molecular formula is C22H24CoN10O8S2. The smallest absolute Gasteiger partial charge is 0.271 e. The predicted octanol–water partition coefficient (Wildman–Crippen LogP) is 4.54. The molecule has 2 atom stereocenters. The molecule has 18 nitrogen and oxygen atoms in total. The Bertz CT molecular complexity index is 1630. The average Bonchev–Trinajstić information content (AvgIpc) is 3.39. The Hall–Kier alpha value is -4.57. The van der Waals surface area contributed by atoms with Crippen molar-refractivity contribution in [3.05, 3.63) is 61.4 Å². The van der Waals surface area contributed by atoms with E-state index < -0.39 is 22.2 Å². The number of likely N-dealkylation sites (N-methyl/N-ethyl adjacent to an activating group) is 1. The zero-order valence-electron chi connectivity index (χ0n) is 22.2. The molecule has 0 spiro atoms. The molecular weight excluding hydrogens is 655 g/mol. The second-order valence-corrected chi connectivity index (χ2v) is 8.99. The summed E-state index contributed by atoms with van der Waals surface area (Å²) >= 11 is 10.00. The topological polar surface area (TPSA) is 253 Å². The second kappa shape index (κ2) is 15.1. The zero-order chi connectivity index (χ0) is 31.1. The first-order valence-electron chi connectivity index (χ1n) is 11.9. The Morgan fingerprint density at radius 2 is 1.44 bits per heavy atom. The summed E-state index contributed by atoms with van der Waals surface area (Å²) in [7, 11) is 0. The van der Waals surface area contributed by atoms with Crippen LogP contribution in [0.15, 0.2) is 56.9 Å². The number of rotatable bonds is 8.